The Bertz CT molecular complexity index is 629. The van der Waals surface area contributed by atoms with E-state index in [0.29, 0.717) is 12.2 Å². The minimum Gasteiger partial charge on any atom is -0.321 e. The number of carbonyl (C=O) groups is 1. The Labute approximate surface area is 110 Å². The van der Waals surface area contributed by atoms with E-state index in [1.54, 1.807) is 12.1 Å². The number of nitrogens with one attached hydrogen (secondary N) is 1. The molecule has 0 unspecified atom stereocenters. The first kappa shape index (κ1) is 12.7. The number of anilines is 1. The predicted octanol–water partition coefficient (Wildman–Crippen LogP) is 1.04. The Kier molecular flexibility index (Phi) is 4.21. The molecule has 0 aliphatic heterocycles. The molecule has 5 nitrogen and oxygen atoms in total. The summed E-state index contributed by atoms with van der Waals surface area (Å²) in [6.45, 7) is 0.302. The third-order valence-corrected chi connectivity index (χ3v) is 2.25. The molecule has 2 rings (SSSR count). The van der Waals surface area contributed by atoms with Gasteiger partial charge >= 0.3 is 0 Å². The molecule has 0 bridgehead atoms. The number of rotatable bonds is 2. The molecule has 5 heteroatoms. The maximum absolute atomic E-state index is 11.9. The van der Waals surface area contributed by atoms with Gasteiger partial charge in [-0.25, -0.2) is 4.98 Å². The van der Waals surface area contributed by atoms with E-state index >= 15 is 0 Å². The minimum absolute atomic E-state index is 0.265. The van der Waals surface area contributed by atoms with Gasteiger partial charge in [0.1, 0.15) is 5.69 Å². The molecule has 1 heterocycles. The first-order valence-corrected chi connectivity index (χ1v) is 5.66. The molecule has 3 N–H and O–H groups in total. The zero-order valence-electron chi connectivity index (χ0n) is 10.1. The van der Waals surface area contributed by atoms with Gasteiger partial charge in [-0.2, -0.15) is 0 Å². The Morgan fingerprint density at radius 2 is 2.26 bits per heavy atom. The van der Waals surface area contributed by atoms with Crippen LogP contribution >= 0.6 is 0 Å². The highest BCUT2D eigenvalue weighted by Crippen LogP contribution is 2.10. The summed E-state index contributed by atoms with van der Waals surface area (Å²) in [6, 6.07) is 7.21. The number of nitrogens with two attached hydrogens (primary N) is 1. The van der Waals surface area contributed by atoms with Crippen LogP contribution in [0.3, 0.4) is 0 Å². The Balaban J connectivity index is 2.13. The van der Waals surface area contributed by atoms with Crippen molar-refractivity contribution in [2.75, 3.05) is 11.9 Å². The zero-order valence-corrected chi connectivity index (χ0v) is 10.1. The van der Waals surface area contributed by atoms with Crippen molar-refractivity contribution in [2.45, 2.75) is 0 Å². The Morgan fingerprint density at radius 3 is 3.00 bits per heavy atom. The van der Waals surface area contributed by atoms with Gasteiger partial charge in [0.25, 0.3) is 5.91 Å². The molecule has 0 radical (unpaired) electrons. The van der Waals surface area contributed by atoms with Gasteiger partial charge in [0.05, 0.1) is 12.7 Å². The SMILES string of the molecule is NCC#Cc1cccc(NC(=O)c2cnccn2)c1. The smallest absolute Gasteiger partial charge is 0.275 e. The van der Waals surface area contributed by atoms with E-state index < -0.39 is 0 Å². The Morgan fingerprint density at radius 1 is 1.37 bits per heavy atom. The fraction of sp³-hybridized carbons (Fsp3) is 0.0714. The summed E-state index contributed by atoms with van der Waals surface area (Å²) in [5.41, 5.74) is 7.02. The largest absolute Gasteiger partial charge is 0.321 e. The molecular formula is C14H12N4O. The molecule has 0 atom stereocenters. The summed E-state index contributed by atoms with van der Waals surface area (Å²) in [5.74, 6) is 5.35. The van der Waals surface area contributed by atoms with Crippen LogP contribution in [0.25, 0.3) is 0 Å². The van der Waals surface area contributed by atoms with Crippen LogP contribution in [-0.4, -0.2) is 22.4 Å². The molecule has 0 aliphatic rings. The highest BCUT2D eigenvalue weighted by Gasteiger charge is 2.06. The van der Waals surface area contributed by atoms with Crippen LogP contribution in [0.15, 0.2) is 42.9 Å². The topological polar surface area (TPSA) is 80.9 Å². The van der Waals surface area contributed by atoms with Crippen LogP contribution in [0, 0.1) is 11.8 Å². The summed E-state index contributed by atoms with van der Waals surface area (Å²) in [5, 5.41) is 2.73. The minimum atomic E-state index is -0.308. The van der Waals surface area contributed by atoms with E-state index in [1.165, 1.54) is 18.6 Å². The average molecular weight is 252 g/mol. The second-order valence-electron chi connectivity index (χ2n) is 3.63. The lowest BCUT2D eigenvalue weighted by Gasteiger charge is -2.04. The number of aromatic nitrogens is 2. The molecule has 1 aromatic carbocycles. The standard InChI is InChI=1S/C14H12N4O/c15-6-2-4-11-3-1-5-12(9-11)18-14(19)13-10-16-7-8-17-13/h1,3,5,7-10H,6,15H2,(H,18,19). The van der Waals surface area contributed by atoms with Crippen molar-refractivity contribution in [3.05, 3.63) is 54.1 Å². The molecule has 2 aromatic rings. The lowest BCUT2D eigenvalue weighted by atomic mass is 10.2. The third kappa shape index (κ3) is 3.63. The van der Waals surface area contributed by atoms with Crippen molar-refractivity contribution in [1.82, 2.24) is 9.97 Å². The predicted molar refractivity (Wildman–Crippen MR) is 72.4 cm³/mol. The first-order chi connectivity index (χ1) is 9.29. The van der Waals surface area contributed by atoms with E-state index in [2.05, 4.69) is 27.1 Å². The van der Waals surface area contributed by atoms with E-state index in [1.807, 2.05) is 12.1 Å². The number of hydrogen-bond acceptors (Lipinski definition) is 4. The number of hydrogen-bond donors (Lipinski definition) is 2. The van der Waals surface area contributed by atoms with Crippen LogP contribution in [-0.2, 0) is 0 Å². The second-order valence-corrected chi connectivity index (χ2v) is 3.63. The molecule has 19 heavy (non-hydrogen) atoms. The summed E-state index contributed by atoms with van der Waals surface area (Å²) >= 11 is 0. The van der Waals surface area contributed by atoms with Crippen molar-refractivity contribution >= 4 is 11.6 Å². The first-order valence-electron chi connectivity index (χ1n) is 5.66. The van der Waals surface area contributed by atoms with E-state index in [0.717, 1.165) is 5.56 Å². The zero-order chi connectivity index (χ0) is 13.5. The van der Waals surface area contributed by atoms with Gasteiger partial charge in [0.15, 0.2) is 0 Å². The van der Waals surface area contributed by atoms with Gasteiger partial charge in [-0.1, -0.05) is 17.9 Å². The van der Waals surface area contributed by atoms with E-state index in [-0.39, 0.29) is 11.6 Å². The molecule has 0 aliphatic carbocycles. The number of nitrogens with zero attached hydrogens (tertiary/aromatic N) is 2. The lowest BCUT2D eigenvalue weighted by Crippen LogP contribution is -2.13. The Hall–Kier alpha value is -2.71. The monoisotopic (exact) mass is 252 g/mol. The van der Waals surface area contributed by atoms with Crippen LogP contribution in [0.4, 0.5) is 5.69 Å². The van der Waals surface area contributed by atoms with Gasteiger partial charge in [0, 0.05) is 23.6 Å². The summed E-state index contributed by atoms with van der Waals surface area (Å²) in [4.78, 5) is 19.6. The maximum atomic E-state index is 11.9. The number of amides is 1. The van der Waals surface area contributed by atoms with E-state index in [4.69, 9.17) is 5.73 Å². The third-order valence-electron chi connectivity index (χ3n) is 2.25. The van der Waals surface area contributed by atoms with Crippen molar-refractivity contribution in [1.29, 1.82) is 0 Å². The fourth-order valence-electron chi connectivity index (χ4n) is 1.44. The number of carbonyl (C=O) groups excluding carboxylic acids is 1. The van der Waals surface area contributed by atoms with Crippen molar-refractivity contribution in [3.63, 3.8) is 0 Å². The maximum Gasteiger partial charge on any atom is 0.275 e. The normalized spacial score (nSPS) is 9.32. The van der Waals surface area contributed by atoms with Gasteiger partial charge in [-0.3, -0.25) is 9.78 Å². The molecule has 0 fully saturated rings. The van der Waals surface area contributed by atoms with Crippen LogP contribution in [0.2, 0.25) is 0 Å². The number of benzene rings is 1. The van der Waals surface area contributed by atoms with Crippen molar-refractivity contribution < 1.29 is 4.79 Å². The molecule has 0 spiro atoms. The highest BCUT2D eigenvalue weighted by molar-refractivity contribution is 6.02. The van der Waals surface area contributed by atoms with Crippen LogP contribution < -0.4 is 11.1 Å². The van der Waals surface area contributed by atoms with Gasteiger partial charge in [-0.05, 0) is 18.2 Å². The van der Waals surface area contributed by atoms with Gasteiger partial charge in [0.2, 0.25) is 0 Å². The van der Waals surface area contributed by atoms with E-state index in [9.17, 15) is 4.79 Å². The summed E-state index contributed by atoms with van der Waals surface area (Å²) in [7, 11) is 0. The lowest BCUT2D eigenvalue weighted by molar-refractivity contribution is 0.102. The van der Waals surface area contributed by atoms with Crippen molar-refractivity contribution in [2.24, 2.45) is 5.73 Å². The molecule has 1 amide bonds. The molecule has 0 saturated carbocycles. The molecule has 94 valence electrons. The fourth-order valence-corrected chi connectivity index (χ4v) is 1.44. The van der Waals surface area contributed by atoms with Crippen molar-refractivity contribution in [3.8, 4) is 11.8 Å². The average Bonchev–Trinajstić information content (AvgIpc) is 2.46. The van der Waals surface area contributed by atoms with Crippen LogP contribution in [0.1, 0.15) is 16.1 Å². The van der Waals surface area contributed by atoms with Crippen LogP contribution in [0.5, 0.6) is 0 Å². The van der Waals surface area contributed by atoms with Gasteiger partial charge < -0.3 is 11.1 Å². The molecule has 0 saturated heterocycles. The highest BCUT2D eigenvalue weighted by atomic mass is 16.1. The molecule has 1 aromatic heterocycles. The van der Waals surface area contributed by atoms with Gasteiger partial charge in [-0.15, -0.1) is 0 Å². The molecular weight excluding hydrogens is 240 g/mol. The summed E-state index contributed by atoms with van der Waals surface area (Å²) < 4.78 is 0. The summed E-state index contributed by atoms with van der Waals surface area (Å²) in [6.07, 6.45) is 4.39. The second kappa shape index (κ2) is 6.28. The quantitative estimate of drug-likeness (QED) is 0.782.